The molecule has 0 radical (unpaired) electrons. The second kappa shape index (κ2) is 12.1. The van der Waals surface area contributed by atoms with Crippen LogP contribution < -0.4 is 10.2 Å². The smallest absolute Gasteiger partial charge is 0.267 e. The fourth-order valence-corrected chi connectivity index (χ4v) is 5.31. The quantitative estimate of drug-likeness (QED) is 0.154. The number of aromatic nitrogens is 1. The molecule has 38 heavy (non-hydrogen) atoms. The summed E-state index contributed by atoms with van der Waals surface area (Å²) in [6.07, 6.45) is 7.22. The number of para-hydroxylation sites is 1. The molecule has 4 aromatic rings. The van der Waals surface area contributed by atoms with Gasteiger partial charge >= 0.3 is 0 Å². The van der Waals surface area contributed by atoms with Gasteiger partial charge in [-0.2, -0.15) is 0 Å². The number of benzene rings is 3. The Bertz CT molecular complexity index is 1410. The standard InChI is InChI=1S/C31H33N3O4/c35-19-20-38-27-10-5-24(6-11-27)22-34(18-17-33-16-15-25-3-1-2-4-29(25)33)30-13-9-26-21-23(7-12-28(26)30)8-14-31(36)32-37/h1-8,10-12,14-16,21,30,35,37H,9,13,17-20,22H2,(H,32,36). The number of aryl methyl sites for hydroxylation is 1. The van der Waals surface area contributed by atoms with E-state index < -0.39 is 5.91 Å². The van der Waals surface area contributed by atoms with E-state index in [1.807, 2.05) is 18.2 Å². The van der Waals surface area contributed by atoms with E-state index in [0.29, 0.717) is 0 Å². The van der Waals surface area contributed by atoms with Crippen LogP contribution in [-0.2, 0) is 24.3 Å². The first kappa shape index (κ1) is 25.7. The van der Waals surface area contributed by atoms with Crippen molar-refractivity contribution in [2.24, 2.45) is 0 Å². The SMILES string of the molecule is O=C(C=Cc1ccc2c(c1)CCC2N(CCn1ccc2ccccc21)Cc1ccc(OCCO)cc1)NO. The highest BCUT2D eigenvalue weighted by Crippen LogP contribution is 2.37. The number of nitrogens with zero attached hydrogens (tertiary/aromatic N) is 2. The van der Waals surface area contributed by atoms with Gasteiger partial charge in [0.1, 0.15) is 12.4 Å². The lowest BCUT2D eigenvalue weighted by molar-refractivity contribution is -0.124. The molecule has 0 spiro atoms. The predicted molar refractivity (Wildman–Crippen MR) is 148 cm³/mol. The van der Waals surface area contributed by atoms with Crippen LogP contribution in [-0.4, -0.2) is 45.4 Å². The van der Waals surface area contributed by atoms with Crippen LogP contribution in [0.3, 0.4) is 0 Å². The highest BCUT2D eigenvalue weighted by molar-refractivity contribution is 5.90. The monoisotopic (exact) mass is 511 g/mol. The number of hydroxylamine groups is 1. The van der Waals surface area contributed by atoms with Gasteiger partial charge in [0.2, 0.25) is 0 Å². The zero-order chi connectivity index (χ0) is 26.3. The molecular weight excluding hydrogens is 478 g/mol. The van der Waals surface area contributed by atoms with E-state index in [9.17, 15) is 4.79 Å². The zero-order valence-electron chi connectivity index (χ0n) is 21.3. The Balaban J connectivity index is 1.37. The van der Waals surface area contributed by atoms with Gasteiger partial charge in [-0.1, -0.05) is 48.5 Å². The number of carbonyl (C=O) groups excluding carboxylic acids is 1. The minimum Gasteiger partial charge on any atom is -0.491 e. The maximum atomic E-state index is 11.4. The van der Waals surface area contributed by atoms with Crippen LogP contribution in [0.2, 0.25) is 0 Å². The van der Waals surface area contributed by atoms with Crippen molar-refractivity contribution in [3.8, 4) is 5.75 Å². The summed E-state index contributed by atoms with van der Waals surface area (Å²) < 4.78 is 7.86. The second-order valence-corrected chi connectivity index (χ2v) is 9.58. The molecule has 1 amide bonds. The second-order valence-electron chi connectivity index (χ2n) is 9.58. The van der Waals surface area contributed by atoms with Crippen LogP contribution in [0.25, 0.3) is 17.0 Å². The Hall–Kier alpha value is -3.91. The Morgan fingerprint density at radius 3 is 2.76 bits per heavy atom. The molecule has 196 valence electrons. The van der Waals surface area contributed by atoms with Gasteiger partial charge in [0.25, 0.3) is 5.91 Å². The molecule has 1 aliphatic carbocycles. The van der Waals surface area contributed by atoms with Crippen molar-refractivity contribution in [3.63, 3.8) is 0 Å². The number of carbonyl (C=O) groups is 1. The summed E-state index contributed by atoms with van der Waals surface area (Å²) in [6.45, 7) is 2.87. The summed E-state index contributed by atoms with van der Waals surface area (Å²) in [4.78, 5) is 13.9. The van der Waals surface area contributed by atoms with Crippen molar-refractivity contribution in [3.05, 3.63) is 107 Å². The number of aliphatic hydroxyl groups excluding tert-OH is 1. The van der Waals surface area contributed by atoms with Crippen LogP contribution in [0.15, 0.2) is 85.1 Å². The third-order valence-electron chi connectivity index (χ3n) is 7.17. The molecule has 0 saturated heterocycles. The molecule has 0 saturated carbocycles. The molecule has 1 aliphatic rings. The highest BCUT2D eigenvalue weighted by Gasteiger charge is 2.28. The van der Waals surface area contributed by atoms with E-state index in [2.05, 4.69) is 70.3 Å². The van der Waals surface area contributed by atoms with Crippen LogP contribution >= 0.6 is 0 Å². The van der Waals surface area contributed by atoms with Crippen molar-refractivity contribution in [2.75, 3.05) is 19.8 Å². The third kappa shape index (κ3) is 5.97. The summed E-state index contributed by atoms with van der Waals surface area (Å²) in [7, 11) is 0. The maximum Gasteiger partial charge on any atom is 0.267 e. The summed E-state index contributed by atoms with van der Waals surface area (Å²) >= 11 is 0. The van der Waals surface area contributed by atoms with E-state index in [1.165, 1.54) is 33.7 Å². The minimum atomic E-state index is -0.542. The molecule has 3 N–H and O–H groups in total. The van der Waals surface area contributed by atoms with Gasteiger partial charge < -0.3 is 14.4 Å². The number of fused-ring (bicyclic) bond motifs is 2. The molecule has 7 heteroatoms. The Morgan fingerprint density at radius 1 is 1.11 bits per heavy atom. The minimum absolute atomic E-state index is 0.00314. The van der Waals surface area contributed by atoms with Crippen molar-refractivity contribution < 1.29 is 19.8 Å². The van der Waals surface area contributed by atoms with Gasteiger partial charge in [0, 0.05) is 43.5 Å². The number of rotatable bonds is 11. The number of hydrogen-bond acceptors (Lipinski definition) is 5. The number of amides is 1. The third-order valence-corrected chi connectivity index (χ3v) is 7.17. The number of ether oxygens (including phenoxy) is 1. The van der Waals surface area contributed by atoms with Gasteiger partial charge in [-0.3, -0.25) is 14.9 Å². The van der Waals surface area contributed by atoms with Crippen LogP contribution in [0.4, 0.5) is 0 Å². The van der Waals surface area contributed by atoms with E-state index in [1.54, 1.807) is 11.6 Å². The number of nitrogens with one attached hydrogen (secondary N) is 1. The van der Waals surface area contributed by atoms with Gasteiger partial charge in [-0.25, -0.2) is 5.48 Å². The molecule has 1 aromatic heterocycles. The number of aliphatic hydroxyl groups is 1. The average Bonchev–Trinajstić information content (AvgIpc) is 3.57. The first-order chi connectivity index (χ1) is 18.6. The first-order valence-electron chi connectivity index (χ1n) is 13.0. The van der Waals surface area contributed by atoms with Gasteiger partial charge in [-0.15, -0.1) is 0 Å². The zero-order valence-corrected chi connectivity index (χ0v) is 21.3. The van der Waals surface area contributed by atoms with Gasteiger partial charge in [0.15, 0.2) is 0 Å². The molecule has 7 nitrogen and oxygen atoms in total. The molecule has 0 fully saturated rings. The molecule has 0 aliphatic heterocycles. The first-order valence-corrected chi connectivity index (χ1v) is 13.0. The van der Waals surface area contributed by atoms with Crippen molar-refractivity contribution >= 4 is 22.9 Å². The molecular formula is C31H33N3O4. The lowest BCUT2D eigenvalue weighted by atomic mass is 10.0. The Labute approximate surface area is 222 Å². The summed E-state index contributed by atoms with van der Waals surface area (Å²) in [6, 6.07) is 25.4. The normalized spacial score (nSPS) is 14.9. The maximum absolute atomic E-state index is 11.4. The predicted octanol–water partition coefficient (Wildman–Crippen LogP) is 4.72. The molecule has 1 unspecified atom stereocenters. The summed E-state index contributed by atoms with van der Waals surface area (Å²) in [5.74, 6) is 0.217. The van der Waals surface area contributed by atoms with Crippen LogP contribution in [0, 0.1) is 0 Å². The van der Waals surface area contributed by atoms with Crippen LogP contribution in [0.1, 0.15) is 34.7 Å². The van der Waals surface area contributed by atoms with Gasteiger partial charge in [0.05, 0.1) is 6.61 Å². The fraction of sp³-hybridized carbons (Fsp3) is 0.258. The largest absolute Gasteiger partial charge is 0.491 e. The van der Waals surface area contributed by atoms with E-state index >= 15 is 0 Å². The molecule has 1 heterocycles. The number of hydrogen-bond donors (Lipinski definition) is 3. The van der Waals surface area contributed by atoms with Crippen LogP contribution in [0.5, 0.6) is 5.75 Å². The van der Waals surface area contributed by atoms with E-state index in [-0.39, 0.29) is 19.3 Å². The Kier molecular flexibility index (Phi) is 8.19. The van der Waals surface area contributed by atoms with Crippen molar-refractivity contribution in [1.29, 1.82) is 0 Å². The van der Waals surface area contributed by atoms with Gasteiger partial charge in [-0.05, 0) is 70.8 Å². The molecule has 0 bridgehead atoms. The van der Waals surface area contributed by atoms with Crippen molar-refractivity contribution in [1.82, 2.24) is 14.9 Å². The van der Waals surface area contributed by atoms with E-state index in [4.69, 9.17) is 15.1 Å². The lowest BCUT2D eigenvalue weighted by Gasteiger charge is -2.30. The molecule has 5 rings (SSSR count). The molecule has 3 aromatic carbocycles. The fourth-order valence-electron chi connectivity index (χ4n) is 5.31. The molecule has 1 atom stereocenters. The summed E-state index contributed by atoms with van der Waals surface area (Å²) in [5, 5.41) is 19.0. The lowest BCUT2D eigenvalue weighted by Crippen LogP contribution is -2.30. The Morgan fingerprint density at radius 2 is 1.95 bits per heavy atom. The highest BCUT2D eigenvalue weighted by atomic mass is 16.5. The average molecular weight is 512 g/mol. The topological polar surface area (TPSA) is 87.0 Å². The summed E-state index contributed by atoms with van der Waals surface area (Å²) in [5.41, 5.74) is 7.65. The van der Waals surface area contributed by atoms with E-state index in [0.717, 1.165) is 43.8 Å². The van der Waals surface area contributed by atoms with Crippen molar-refractivity contribution in [2.45, 2.75) is 32.0 Å².